The van der Waals surface area contributed by atoms with Crippen LogP contribution in [0, 0.1) is 12.8 Å². The lowest BCUT2D eigenvalue weighted by molar-refractivity contribution is 0.522. The minimum absolute atomic E-state index is 0.318. The first kappa shape index (κ1) is 13.3. The van der Waals surface area contributed by atoms with E-state index in [1.54, 1.807) is 0 Å². The van der Waals surface area contributed by atoms with Crippen molar-refractivity contribution in [2.24, 2.45) is 11.7 Å². The van der Waals surface area contributed by atoms with Crippen molar-refractivity contribution in [3.05, 3.63) is 28.8 Å². The zero-order valence-electron chi connectivity index (χ0n) is 10.3. The highest BCUT2D eigenvalue weighted by Gasteiger charge is 2.09. The Balaban J connectivity index is 2.66. The van der Waals surface area contributed by atoms with E-state index in [4.69, 9.17) is 17.3 Å². The number of anilines is 1. The Hall–Kier alpha value is -0.730. The van der Waals surface area contributed by atoms with Gasteiger partial charge in [-0.05, 0) is 37.0 Å². The highest BCUT2D eigenvalue weighted by atomic mass is 35.5. The molecule has 0 spiro atoms. The van der Waals surface area contributed by atoms with Gasteiger partial charge in [-0.25, -0.2) is 0 Å². The first-order chi connectivity index (χ1) is 7.52. The van der Waals surface area contributed by atoms with Crippen LogP contribution in [-0.4, -0.2) is 12.6 Å². The Labute approximate surface area is 103 Å². The average molecular weight is 241 g/mol. The number of hydrogen-bond acceptors (Lipinski definition) is 2. The zero-order valence-corrected chi connectivity index (χ0v) is 11.0. The second-order valence-corrected chi connectivity index (χ2v) is 5.08. The van der Waals surface area contributed by atoms with Crippen molar-refractivity contribution in [3.63, 3.8) is 0 Å². The second-order valence-electron chi connectivity index (χ2n) is 4.67. The van der Waals surface area contributed by atoms with Crippen molar-refractivity contribution in [2.45, 2.75) is 33.2 Å². The van der Waals surface area contributed by atoms with Crippen molar-refractivity contribution in [2.75, 3.05) is 11.9 Å². The molecule has 0 aliphatic heterocycles. The van der Waals surface area contributed by atoms with Crippen molar-refractivity contribution < 1.29 is 0 Å². The number of benzene rings is 1. The summed E-state index contributed by atoms with van der Waals surface area (Å²) < 4.78 is 0. The molecular formula is C13H21ClN2. The molecule has 0 amide bonds. The Morgan fingerprint density at radius 1 is 1.38 bits per heavy atom. The molecule has 0 bridgehead atoms. The molecule has 1 atom stereocenters. The maximum Gasteiger partial charge on any atom is 0.0455 e. The molecule has 3 N–H and O–H groups in total. The molecule has 0 aliphatic carbocycles. The highest BCUT2D eigenvalue weighted by molar-refractivity contribution is 6.31. The molecule has 0 radical (unpaired) electrons. The molecule has 0 fully saturated rings. The van der Waals surface area contributed by atoms with Crippen molar-refractivity contribution >= 4 is 17.3 Å². The number of halogens is 1. The smallest absolute Gasteiger partial charge is 0.0455 e. The molecule has 1 rings (SSSR count). The number of hydrogen-bond donors (Lipinski definition) is 2. The summed E-state index contributed by atoms with van der Waals surface area (Å²) in [5.41, 5.74) is 7.89. The third-order valence-electron chi connectivity index (χ3n) is 2.58. The van der Waals surface area contributed by atoms with Crippen LogP contribution in [0.4, 0.5) is 5.69 Å². The molecule has 16 heavy (non-hydrogen) atoms. The minimum Gasteiger partial charge on any atom is -0.381 e. The van der Waals surface area contributed by atoms with Crippen LogP contribution >= 0.6 is 11.6 Å². The summed E-state index contributed by atoms with van der Waals surface area (Å²) in [6.07, 6.45) is 1.07. The Morgan fingerprint density at radius 3 is 2.56 bits per heavy atom. The molecular weight excluding hydrogens is 220 g/mol. The second kappa shape index (κ2) is 6.12. The molecule has 0 saturated heterocycles. The lowest BCUT2D eigenvalue weighted by Gasteiger charge is -2.20. The summed E-state index contributed by atoms with van der Waals surface area (Å²) in [5.74, 6) is 0.641. The predicted molar refractivity (Wildman–Crippen MR) is 72.1 cm³/mol. The van der Waals surface area contributed by atoms with Gasteiger partial charge in [0.25, 0.3) is 0 Å². The summed E-state index contributed by atoms with van der Waals surface area (Å²) in [6, 6.07) is 6.34. The SMILES string of the molecule is Cc1ccc(NC(CN)CC(C)C)cc1Cl. The molecule has 2 nitrogen and oxygen atoms in total. The fourth-order valence-corrected chi connectivity index (χ4v) is 1.88. The van der Waals surface area contributed by atoms with Crippen LogP contribution in [0.25, 0.3) is 0 Å². The number of nitrogens with two attached hydrogens (primary N) is 1. The summed E-state index contributed by atoms with van der Waals surface area (Å²) in [4.78, 5) is 0. The van der Waals surface area contributed by atoms with Crippen LogP contribution in [0.3, 0.4) is 0 Å². The first-order valence-corrected chi connectivity index (χ1v) is 6.13. The van der Waals surface area contributed by atoms with E-state index >= 15 is 0 Å². The van der Waals surface area contributed by atoms with Gasteiger partial charge in [0.15, 0.2) is 0 Å². The first-order valence-electron chi connectivity index (χ1n) is 5.75. The standard InChI is InChI=1S/C13H21ClN2/c1-9(2)6-12(8-15)16-11-5-4-10(3)13(14)7-11/h4-5,7,9,12,16H,6,8,15H2,1-3H3. The molecule has 0 aromatic heterocycles. The van der Waals surface area contributed by atoms with Gasteiger partial charge in [0.2, 0.25) is 0 Å². The number of rotatable bonds is 5. The van der Waals surface area contributed by atoms with Crippen molar-refractivity contribution in [3.8, 4) is 0 Å². The summed E-state index contributed by atoms with van der Waals surface area (Å²) in [5, 5.41) is 4.22. The van der Waals surface area contributed by atoms with Gasteiger partial charge in [0, 0.05) is 23.3 Å². The maximum absolute atomic E-state index is 6.07. The molecule has 1 aromatic rings. The van der Waals surface area contributed by atoms with Gasteiger partial charge in [0.1, 0.15) is 0 Å². The Kier molecular flexibility index (Phi) is 5.10. The predicted octanol–water partition coefficient (Wildman–Crippen LogP) is 3.43. The van der Waals surface area contributed by atoms with Crippen LogP contribution in [0.2, 0.25) is 5.02 Å². The third-order valence-corrected chi connectivity index (χ3v) is 2.99. The van der Waals surface area contributed by atoms with Crippen LogP contribution < -0.4 is 11.1 Å². The van der Waals surface area contributed by atoms with Crippen LogP contribution in [0.5, 0.6) is 0 Å². The fourth-order valence-electron chi connectivity index (χ4n) is 1.70. The third kappa shape index (κ3) is 4.03. The van der Waals surface area contributed by atoms with E-state index in [-0.39, 0.29) is 0 Å². The number of nitrogens with one attached hydrogen (secondary N) is 1. The van der Waals surface area contributed by atoms with E-state index in [0.29, 0.717) is 18.5 Å². The van der Waals surface area contributed by atoms with Gasteiger partial charge in [0.05, 0.1) is 0 Å². The topological polar surface area (TPSA) is 38.0 Å². The molecule has 1 unspecified atom stereocenters. The van der Waals surface area contributed by atoms with Gasteiger partial charge in [-0.2, -0.15) is 0 Å². The van der Waals surface area contributed by atoms with Crippen LogP contribution in [-0.2, 0) is 0 Å². The fraction of sp³-hybridized carbons (Fsp3) is 0.538. The van der Waals surface area contributed by atoms with E-state index in [9.17, 15) is 0 Å². The summed E-state index contributed by atoms with van der Waals surface area (Å²) in [7, 11) is 0. The summed E-state index contributed by atoms with van der Waals surface area (Å²) in [6.45, 7) is 7.04. The van der Waals surface area contributed by atoms with E-state index in [1.807, 2.05) is 25.1 Å². The van der Waals surface area contributed by atoms with E-state index in [2.05, 4.69) is 19.2 Å². The van der Waals surface area contributed by atoms with E-state index in [0.717, 1.165) is 22.7 Å². The molecule has 0 saturated carbocycles. The Bertz CT molecular complexity index is 337. The molecule has 3 heteroatoms. The Morgan fingerprint density at radius 2 is 2.06 bits per heavy atom. The average Bonchev–Trinajstić information content (AvgIpc) is 2.22. The molecule has 1 aromatic carbocycles. The van der Waals surface area contributed by atoms with Gasteiger partial charge >= 0.3 is 0 Å². The molecule has 0 heterocycles. The van der Waals surface area contributed by atoms with E-state index < -0.39 is 0 Å². The highest BCUT2D eigenvalue weighted by Crippen LogP contribution is 2.21. The van der Waals surface area contributed by atoms with Crippen molar-refractivity contribution in [1.29, 1.82) is 0 Å². The van der Waals surface area contributed by atoms with Gasteiger partial charge in [-0.3, -0.25) is 0 Å². The van der Waals surface area contributed by atoms with Crippen molar-refractivity contribution in [1.82, 2.24) is 0 Å². The number of aryl methyl sites for hydroxylation is 1. The maximum atomic E-state index is 6.07. The molecule has 0 aliphatic rings. The van der Waals surface area contributed by atoms with Gasteiger partial charge < -0.3 is 11.1 Å². The monoisotopic (exact) mass is 240 g/mol. The largest absolute Gasteiger partial charge is 0.381 e. The normalized spacial score (nSPS) is 12.9. The minimum atomic E-state index is 0.318. The van der Waals surface area contributed by atoms with Gasteiger partial charge in [-0.1, -0.05) is 31.5 Å². The van der Waals surface area contributed by atoms with Crippen LogP contribution in [0.15, 0.2) is 18.2 Å². The lowest BCUT2D eigenvalue weighted by Crippen LogP contribution is -2.30. The summed E-state index contributed by atoms with van der Waals surface area (Å²) >= 11 is 6.07. The van der Waals surface area contributed by atoms with E-state index in [1.165, 1.54) is 0 Å². The van der Waals surface area contributed by atoms with Gasteiger partial charge in [-0.15, -0.1) is 0 Å². The zero-order chi connectivity index (χ0) is 12.1. The molecule has 90 valence electrons. The van der Waals surface area contributed by atoms with Crippen LogP contribution in [0.1, 0.15) is 25.8 Å². The lowest BCUT2D eigenvalue weighted by atomic mass is 10.0. The quantitative estimate of drug-likeness (QED) is 0.828.